The number of aryl methyl sites for hydroxylation is 1. The maximum absolute atomic E-state index is 12.4. The zero-order chi connectivity index (χ0) is 18.0. The summed E-state index contributed by atoms with van der Waals surface area (Å²) in [6.07, 6.45) is 0. The van der Waals surface area contributed by atoms with Crippen molar-refractivity contribution in [3.05, 3.63) is 64.0 Å². The predicted octanol–water partition coefficient (Wildman–Crippen LogP) is 3.83. The Morgan fingerprint density at radius 1 is 1.16 bits per heavy atom. The van der Waals surface area contributed by atoms with Gasteiger partial charge in [0.05, 0.1) is 11.6 Å². The molecule has 0 aliphatic carbocycles. The molecule has 0 unspecified atom stereocenters. The number of nitrogens with one attached hydrogen (secondary N) is 1. The normalized spacial score (nSPS) is 11.6. The van der Waals surface area contributed by atoms with Gasteiger partial charge in [-0.2, -0.15) is 4.98 Å². The highest BCUT2D eigenvalue weighted by molar-refractivity contribution is 7.89. The molecule has 0 amide bonds. The molecule has 1 aromatic heterocycles. The molecule has 1 N–H and O–H groups in total. The Morgan fingerprint density at radius 3 is 2.68 bits per heavy atom. The van der Waals surface area contributed by atoms with Gasteiger partial charge in [-0.05, 0) is 30.7 Å². The maximum atomic E-state index is 12.4. The molecule has 0 radical (unpaired) electrons. The Hall–Kier alpha value is -1.93. The topological polar surface area (TPSA) is 85.1 Å². The van der Waals surface area contributed by atoms with Crippen molar-refractivity contribution in [2.45, 2.75) is 18.4 Å². The smallest absolute Gasteiger partial charge is 0.242 e. The van der Waals surface area contributed by atoms with Crippen molar-refractivity contribution in [3.8, 4) is 11.4 Å². The van der Waals surface area contributed by atoms with Crippen LogP contribution in [0.25, 0.3) is 11.4 Å². The zero-order valence-electron chi connectivity index (χ0n) is 13.0. The van der Waals surface area contributed by atoms with Gasteiger partial charge in [0.15, 0.2) is 0 Å². The SMILES string of the molecule is Cc1ccccc1-c1noc(CNS(=O)(=O)c2cc(Cl)ccc2Cl)n1. The van der Waals surface area contributed by atoms with E-state index in [4.69, 9.17) is 27.7 Å². The first-order chi connectivity index (χ1) is 11.9. The van der Waals surface area contributed by atoms with Crippen LogP contribution in [0.2, 0.25) is 10.0 Å². The summed E-state index contributed by atoms with van der Waals surface area (Å²) in [5.41, 5.74) is 1.80. The Kier molecular flexibility index (Phi) is 5.10. The van der Waals surface area contributed by atoms with Crippen LogP contribution in [0.3, 0.4) is 0 Å². The van der Waals surface area contributed by atoms with Gasteiger partial charge in [-0.25, -0.2) is 13.1 Å². The van der Waals surface area contributed by atoms with Gasteiger partial charge in [0.25, 0.3) is 0 Å². The fourth-order valence-electron chi connectivity index (χ4n) is 2.18. The van der Waals surface area contributed by atoms with Crippen molar-refractivity contribution in [1.82, 2.24) is 14.9 Å². The Balaban J connectivity index is 1.78. The average Bonchev–Trinajstić information content (AvgIpc) is 3.04. The van der Waals surface area contributed by atoms with Crippen LogP contribution in [0.4, 0.5) is 0 Å². The highest BCUT2D eigenvalue weighted by Crippen LogP contribution is 2.25. The van der Waals surface area contributed by atoms with Gasteiger partial charge in [-0.15, -0.1) is 0 Å². The molecule has 0 saturated heterocycles. The molecule has 1 heterocycles. The summed E-state index contributed by atoms with van der Waals surface area (Å²) in [7, 11) is -3.87. The van der Waals surface area contributed by atoms with Crippen molar-refractivity contribution in [3.63, 3.8) is 0 Å². The largest absolute Gasteiger partial charge is 0.338 e. The predicted molar refractivity (Wildman–Crippen MR) is 95.0 cm³/mol. The van der Waals surface area contributed by atoms with E-state index in [9.17, 15) is 8.42 Å². The second kappa shape index (κ2) is 7.13. The lowest BCUT2D eigenvalue weighted by Gasteiger charge is -2.07. The van der Waals surface area contributed by atoms with E-state index in [0.29, 0.717) is 5.82 Å². The van der Waals surface area contributed by atoms with E-state index >= 15 is 0 Å². The Morgan fingerprint density at radius 2 is 1.92 bits per heavy atom. The second-order valence-electron chi connectivity index (χ2n) is 5.23. The third-order valence-corrected chi connectivity index (χ3v) is 5.57. The molecule has 9 heteroatoms. The number of hydrogen-bond acceptors (Lipinski definition) is 5. The van der Waals surface area contributed by atoms with E-state index in [2.05, 4.69) is 14.9 Å². The van der Waals surface area contributed by atoms with Crippen molar-refractivity contribution in [2.24, 2.45) is 0 Å². The molecule has 0 spiro atoms. The first-order valence-corrected chi connectivity index (χ1v) is 9.44. The fraction of sp³-hybridized carbons (Fsp3) is 0.125. The lowest BCUT2D eigenvalue weighted by Crippen LogP contribution is -2.23. The van der Waals surface area contributed by atoms with Gasteiger partial charge >= 0.3 is 0 Å². The van der Waals surface area contributed by atoms with Crippen LogP contribution in [0.1, 0.15) is 11.5 Å². The summed E-state index contributed by atoms with van der Waals surface area (Å²) in [6, 6.07) is 11.8. The summed E-state index contributed by atoms with van der Waals surface area (Å²) in [4.78, 5) is 4.10. The molecule has 6 nitrogen and oxygen atoms in total. The van der Waals surface area contributed by atoms with E-state index in [1.807, 2.05) is 31.2 Å². The molecule has 0 aliphatic rings. The van der Waals surface area contributed by atoms with Crippen molar-refractivity contribution in [1.29, 1.82) is 0 Å². The van der Waals surface area contributed by atoms with Crippen LogP contribution >= 0.6 is 23.2 Å². The number of benzene rings is 2. The third-order valence-electron chi connectivity index (χ3n) is 3.45. The maximum Gasteiger partial charge on any atom is 0.242 e. The van der Waals surface area contributed by atoms with Crippen LogP contribution in [-0.4, -0.2) is 18.6 Å². The molecule has 3 aromatic rings. The molecule has 0 saturated carbocycles. The molecule has 3 rings (SSSR count). The van der Waals surface area contributed by atoms with Crippen LogP contribution < -0.4 is 4.72 Å². The number of rotatable bonds is 5. The number of nitrogens with zero attached hydrogens (tertiary/aromatic N) is 2. The molecule has 0 atom stereocenters. The van der Waals surface area contributed by atoms with Crippen molar-refractivity contribution < 1.29 is 12.9 Å². The lowest BCUT2D eigenvalue weighted by molar-refractivity contribution is 0.376. The number of halogens is 2. The quantitative estimate of drug-likeness (QED) is 0.706. The zero-order valence-corrected chi connectivity index (χ0v) is 15.4. The van der Waals surface area contributed by atoms with Gasteiger partial charge in [-0.1, -0.05) is 52.6 Å². The van der Waals surface area contributed by atoms with Gasteiger partial charge in [0.1, 0.15) is 4.90 Å². The van der Waals surface area contributed by atoms with E-state index in [1.54, 1.807) is 0 Å². The number of sulfonamides is 1. The summed E-state index contributed by atoms with van der Waals surface area (Å²) in [5, 5.41) is 4.22. The van der Waals surface area contributed by atoms with E-state index in [-0.39, 0.29) is 27.4 Å². The Labute approximate surface area is 154 Å². The molecule has 0 aliphatic heterocycles. The summed E-state index contributed by atoms with van der Waals surface area (Å²) in [5.74, 6) is 0.535. The number of aromatic nitrogens is 2. The van der Waals surface area contributed by atoms with Crippen LogP contribution in [0, 0.1) is 6.92 Å². The number of hydrogen-bond donors (Lipinski definition) is 1. The molecule has 0 fully saturated rings. The molecule has 25 heavy (non-hydrogen) atoms. The minimum atomic E-state index is -3.87. The van der Waals surface area contributed by atoms with Crippen molar-refractivity contribution in [2.75, 3.05) is 0 Å². The van der Waals surface area contributed by atoms with E-state index in [0.717, 1.165) is 11.1 Å². The molecule has 130 valence electrons. The Bertz CT molecular complexity index is 1020. The molecule has 2 aromatic carbocycles. The first-order valence-electron chi connectivity index (χ1n) is 7.20. The van der Waals surface area contributed by atoms with Crippen molar-refractivity contribution >= 4 is 33.2 Å². The van der Waals surface area contributed by atoms with Crippen LogP contribution in [0.15, 0.2) is 51.9 Å². The van der Waals surface area contributed by atoms with Crippen LogP contribution in [0.5, 0.6) is 0 Å². The van der Waals surface area contributed by atoms with Gasteiger partial charge in [-0.3, -0.25) is 0 Å². The summed E-state index contributed by atoms with van der Waals surface area (Å²) in [6.45, 7) is 1.76. The molecular weight excluding hydrogens is 385 g/mol. The molecular formula is C16H13Cl2N3O3S. The first kappa shape index (κ1) is 17.9. The van der Waals surface area contributed by atoms with Crippen LogP contribution in [-0.2, 0) is 16.6 Å². The van der Waals surface area contributed by atoms with Gasteiger partial charge < -0.3 is 4.52 Å². The minimum absolute atomic E-state index is 0.0722. The van der Waals surface area contributed by atoms with E-state index < -0.39 is 10.0 Å². The highest BCUT2D eigenvalue weighted by atomic mass is 35.5. The average molecular weight is 398 g/mol. The standard InChI is InChI=1S/C16H13Cl2N3O3S/c1-10-4-2-3-5-12(10)16-20-15(24-21-16)9-19-25(22,23)14-8-11(17)6-7-13(14)18/h2-8,19H,9H2,1H3. The van der Waals surface area contributed by atoms with Gasteiger partial charge in [0, 0.05) is 10.6 Å². The third kappa shape index (κ3) is 4.01. The summed E-state index contributed by atoms with van der Waals surface area (Å²) < 4.78 is 32.2. The lowest BCUT2D eigenvalue weighted by atomic mass is 10.1. The summed E-state index contributed by atoms with van der Waals surface area (Å²) >= 11 is 11.8. The second-order valence-corrected chi connectivity index (χ2v) is 7.80. The minimum Gasteiger partial charge on any atom is -0.338 e. The molecule has 0 bridgehead atoms. The fourth-order valence-corrected chi connectivity index (χ4v) is 3.91. The monoisotopic (exact) mass is 397 g/mol. The van der Waals surface area contributed by atoms with Gasteiger partial charge in [0.2, 0.25) is 21.7 Å². The highest BCUT2D eigenvalue weighted by Gasteiger charge is 2.20. The van der Waals surface area contributed by atoms with E-state index in [1.165, 1.54) is 18.2 Å².